The first kappa shape index (κ1) is 15.2. The Kier molecular flexibility index (Phi) is 6.18. The average Bonchev–Trinajstić information content (AvgIpc) is 2.02. The molecular formula is C8H9NNaO4Sb. The van der Waals surface area contributed by atoms with Gasteiger partial charge in [-0.2, -0.15) is 0 Å². The molecular weight excluding hydrogens is 319 g/mol. The van der Waals surface area contributed by atoms with Gasteiger partial charge in [0.15, 0.2) is 0 Å². The molecule has 0 aliphatic carbocycles. The SMILES string of the molecule is CC(=O)Nc1cc[c]([Sb](=[O])([O-])[OH])cc1.[Na+]. The molecule has 0 saturated carbocycles. The molecule has 1 aromatic rings. The smallest absolute Gasteiger partial charge is 1.00 e. The molecule has 1 rings (SSSR count). The number of nitrogens with one attached hydrogen (secondary N) is 1. The van der Waals surface area contributed by atoms with Gasteiger partial charge in [-0.15, -0.1) is 0 Å². The van der Waals surface area contributed by atoms with E-state index in [-0.39, 0.29) is 39.0 Å². The summed E-state index contributed by atoms with van der Waals surface area (Å²) in [6, 6.07) is 5.37. The van der Waals surface area contributed by atoms with Crippen molar-refractivity contribution < 1.29 is 44.1 Å². The molecule has 1 amide bonds. The van der Waals surface area contributed by atoms with E-state index in [0.29, 0.717) is 5.69 Å². The predicted octanol–water partition coefficient (Wildman–Crippen LogP) is -4.42. The van der Waals surface area contributed by atoms with Crippen LogP contribution in [-0.4, -0.2) is 28.9 Å². The first-order chi connectivity index (χ1) is 6.39. The minimum atomic E-state index is -5.31. The molecule has 1 aromatic carbocycles. The summed E-state index contributed by atoms with van der Waals surface area (Å²) in [4.78, 5) is 10.6. The molecule has 76 valence electrons. The molecule has 1 unspecified atom stereocenters. The van der Waals surface area contributed by atoms with Crippen molar-refractivity contribution in [1.82, 2.24) is 0 Å². The van der Waals surface area contributed by atoms with E-state index in [4.69, 9.17) is 3.39 Å². The van der Waals surface area contributed by atoms with Gasteiger partial charge in [0.25, 0.3) is 0 Å². The Morgan fingerprint density at radius 2 is 1.87 bits per heavy atom. The molecule has 0 aromatic heterocycles. The largest absolute Gasteiger partial charge is 1.00 e. The second-order valence-corrected chi connectivity index (χ2v) is 7.19. The van der Waals surface area contributed by atoms with Gasteiger partial charge in [0.2, 0.25) is 0 Å². The van der Waals surface area contributed by atoms with E-state index in [2.05, 4.69) is 5.32 Å². The van der Waals surface area contributed by atoms with Crippen molar-refractivity contribution in [2.24, 2.45) is 0 Å². The molecule has 0 saturated heterocycles. The van der Waals surface area contributed by atoms with Crippen molar-refractivity contribution >= 4 is 34.7 Å². The van der Waals surface area contributed by atoms with E-state index >= 15 is 0 Å². The Morgan fingerprint density at radius 1 is 1.40 bits per heavy atom. The van der Waals surface area contributed by atoms with Crippen molar-refractivity contribution in [3.05, 3.63) is 24.3 Å². The number of amides is 1. The molecule has 0 fully saturated rings. The van der Waals surface area contributed by atoms with Crippen LogP contribution in [-0.2, 0) is 7.81 Å². The van der Waals surface area contributed by atoms with Crippen molar-refractivity contribution in [1.29, 1.82) is 0 Å². The van der Waals surface area contributed by atoms with E-state index in [0.717, 1.165) is 0 Å². The fourth-order valence-corrected chi connectivity index (χ4v) is 2.44. The molecule has 0 heterocycles. The molecule has 5 nitrogen and oxygen atoms in total. The quantitative estimate of drug-likeness (QED) is 0.537. The van der Waals surface area contributed by atoms with E-state index < -0.39 is 19.6 Å². The average molecular weight is 328 g/mol. The Balaban J connectivity index is 0.00000196. The van der Waals surface area contributed by atoms with Gasteiger partial charge < -0.3 is 0 Å². The van der Waals surface area contributed by atoms with Gasteiger partial charge in [-0.1, -0.05) is 0 Å². The Labute approximate surface area is 114 Å². The number of carbonyl (C=O) groups excluding carboxylic acids is 1. The zero-order valence-corrected chi connectivity index (χ0v) is 13.0. The minimum absolute atomic E-state index is 0. The minimum Gasteiger partial charge on any atom is 1.00 e. The maximum atomic E-state index is 10.8. The number of benzene rings is 1. The van der Waals surface area contributed by atoms with Gasteiger partial charge in [-0.05, 0) is 0 Å². The fraction of sp³-hybridized carbons (Fsp3) is 0.125. The summed E-state index contributed by atoms with van der Waals surface area (Å²) in [5, 5.41) is 2.48. The van der Waals surface area contributed by atoms with Crippen molar-refractivity contribution in [2.75, 3.05) is 5.32 Å². The van der Waals surface area contributed by atoms with E-state index in [1.54, 1.807) is 0 Å². The van der Waals surface area contributed by atoms with Crippen molar-refractivity contribution in [2.45, 2.75) is 6.92 Å². The standard InChI is InChI=1S/C8H8NO.Na.H2O.2O.Sb/c1-7(10)9-8-5-3-2-4-6-8;;;;;/h3-6H,1H3,(H,9,10);;1H2;;;/q;+1;;;-1;+1/p-1. The predicted molar refractivity (Wildman–Crippen MR) is 49.0 cm³/mol. The first-order valence-electron chi connectivity index (χ1n) is 3.81. The molecule has 0 bridgehead atoms. The summed E-state index contributed by atoms with van der Waals surface area (Å²) < 4.78 is 30.2. The summed E-state index contributed by atoms with van der Waals surface area (Å²) in [5.41, 5.74) is 0.495. The monoisotopic (exact) mass is 327 g/mol. The normalized spacial score (nSPS) is 13.5. The van der Waals surface area contributed by atoms with Crippen LogP contribution in [0, 0.1) is 0 Å². The van der Waals surface area contributed by atoms with Crippen LogP contribution in [0.25, 0.3) is 0 Å². The number of anilines is 1. The molecule has 7 heteroatoms. The molecule has 1 atom stereocenters. The Bertz CT molecular complexity index is 386. The van der Waals surface area contributed by atoms with Crippen LogP contribution < -0.4 is 41.8 Å². The van der Waals surface area contributed by atoms with Crippen LogP contribution >= 0.6 is 0 Å². The molecule has 0 aliphatic rings. The van der Waals surface area contributed by atoms with Crippen LogP contribution in [0.4, 0.5) is 5.69 Å². The van der Waals surface area contributed by atoms with E-state index in [9.17, 15) is 11.2 Å². The van der Waals surface area contributed by atoms with Crippen LogP contribution in [0.3, 0.4) is 0 Å². The summed E-state index contributed by atoms with van der Waals surface area (Å²) in [5.74, 6) is -0.236. The molecule has 15 heavy (non-hydrogen) atoms. The summed E-state index contributed by atoms with van der Waals surface area (Å²) in [6.45, 7) is 1.35. The second-order valence-electron chi connectivity index (χ2n) is 2.75. The second kappa shape index (κ2) is 6.08. The van der Waals surface area contributed by atoms with Crippen LogP contribution in [0.1, 0.15) is 6.92 Å². The third-order valence-corrected chi connectivity index (χ3v) is 4.23. The van der Waals surface area contributed by atoms with E-state index in [1.165, 1.54) is 31.2 Å². The van der Waals surface area contributed by atoms with Crippen molar-refractivity contribution in [3.8, 4) is 0 Å². The van der Waals surface area contributed by atoms with Crippen LogP contribution in [0.5, 0.6) is 0 Å². The topological polar surface area (TPSA) is 89.5 Å². The van der Waals surface area contributed by atoms with Gasteiger partial charge in [0.1, 0.15) is 0 Å². The zero-order chi connectivity index (χ0) is 10.8. The Morgan fingerprint density at radius 3 is 2.20 bits per heavy atom. The van der Waals surface area contributed by atoms with Crippen molar-refractivity contribution in [3.63, 3.8) is 0 Å². The molecule has 2 N–H and O–H groups in total. The van der Waals surface area contributed by atoms with E-state index in [1.807, 2.05) is 0 Å². The summed E-state index contributed by atoms with van der Waals surface area (Å²) >= 11 is -5.31. The Hall–Kier alpha value is 0.228. The molecule has 0 spiro atoms. The van der Waals surface area contributed by atoms with Crippen LogP contribution in [0.15, 0.2) is 24.3 Å². The fourth-order valence-electron chi connectivity index (χ4n) is 0.936. The maximum Gasteiger partial charge on any atom is 1.00 e. The summed E-state index contributed by atoms with van der Waals surface area (Å²) in [6.07, 6.45) is 0. The van der Waals surface area contributed by atoms with Gasteiger partial charge >= 0.3 is 115 Å². The number of carbonyl (C=O) groups is 1. The number of hydrogen-bond acceptors (Lipinski definition) is 3. The first-order valence-corrected chi connectivity index (χ1v) is 8.32. The molecule has 0 radical (unpaired) electrons. The van der Waals surface area contributed by atoms with Gasteiger partial charge in [-0.3, -0.25) is 0 Å². The molecule has 0 aliphatic heterocycles. The number of rotatable bonds is 2. The van der Waals surface area contributed by atoms with Gasteiger partial charge in [-0.25, -0.2) is 0 Å². The number of hydrogen-bond donors (Lipinski definition) is 2. The third kappa shape index (κ3) is 5.20. The van der Waals surface area contributed by atoms with Gasteiger partial charge in [0, 0.05) is 0 Å². The van der Waals surface area contributed by atoms with Gasteiger partial charge in [0.05, 0.1) is 0 Å². The van der Waals surface area contributed by atoms with Crippen LogP contribution in [0.2, 0.25) is 0 Å². The maximum absolute atomic E-state index is 10.8. The third-order valence-electron chi connectivity index (χ3n) is 1.51. The summed E-state index contributed by atoms with van der Waals surface area (Å²) in [7, 11) is 0. The zero-order valence-electron chi connectivity index (χ0n) is 8.43.